The second-order valence-electron chi connectivity index (χ2n) is 15.1. The molecule has 0 aliphatic carbocycles. The molecule has 12 rings (SSSR count). The summed E-state index contributed by atoms with van der Waals surface area (Å²) in [5.74, 6) is 2.70. The van der Waals surface area contributed by atoms with Gasteiger partial charge in [-0.25, -0.2) is 19.9 Å². The Balaban J connectivity index is 1.13. The summed E-state index contributed by atoms with van der Waals surface area (Å²) in [5.41, 5.74) is 10.2. The van der Waals surface area contributed by atoms with Crippen LogP contribution < -0.4 is 0 Å². The lowest BCUT2D eigenvalue weighted by molar-refractivity contribution is 1.07. The number of hydrogen-bond donors (Lipinski definition) is 0. The molecular weight excluding hydrogens is 733 g/mol. The number of rotatable bonds is 6. The van der Waals surface area contributed by atoms with Crippen molar-refractivity contribution in [1.29, 1.82) is 0 Å². The highest BCUT2D eigenvalue weighted by Gasteiger charge is 2.22. The lowest BCUT2D eigenvalue weighted by Gasteiger charge is -2.14. The monoisotopic (exact) mass is 766 g/mol. The topological polar surface area (TPSA) is 61.4 Å². The number of para-hydroxylation sites is 2. The van der Waals surface area contributed by atoms with Crippen LogP contribution in [0.4, 0.5) is 0 Å². The van der Waals surface area contributed by atoms with Crippen LogP contribution in [0.25, 0.3) is 111 Å². The van der Waals surface area contributed by atoms with Crippen molar-refractivity contribution >= 4 is 54.4 Å². The average molecular weight is 767 g/mol. The van der Waals surface area contributed by atoms with E-state index >= 15 is 0 Å². The molecule has 6 nitrogen and oxygen atoms in total. The molecule has 3 aromatic heterocycles. The first kappa shape index (κ1) is 33.9. The summed E-state index contributed by atoms with van der Waals surface area (Å²) in [5, 5.41) is 6.97. The van der Waals surface area contributed by atoms with Crippen LogP contribution in [0.15, 0.2) is 206 Å². The maximum atomic E-state index is 5.61. The van der Waals surface area contributed by atoms with E-state index in [1.165, 1.54) is 21.5 Å². The summed E-state index contributed by atoms with van der Waals surface area (Å²) >= 11 is 0. The van der Waals surface area contributed by atoms with E-state index in [1.54, 1.807) is 0 Å². The van der Waals surface area contributed by atoms with E-state index < -0.39 is 0 Å². The van der Waals surface area contributed by atoms with Crippen molar-refractivity contribution in [2.45, 2.75) is 0 Å². The molecule has 6 heteroatoms. The fourth-order valence-corrected chi connectivity index (χ4v) is 8.84. The summed E-state index contributed by atoms with van der Waals surface area (Å²) in [6.07, 6.45) is 0. The minimum absolute atomic E-state index is 0.598. The predicted molar refractivity (Wildman–Crippen MR) is 246 cm³/mol. The number of aromatic nitrogens is 6. The Morgan fingerprint density at radius 1 is 0.283 bits per heavy atom. The quantitative estimate of drug-likeness (QED) is 0.158. The Hall–Kier alpha value is -8.22. The van der Waals surface area contributed by atoms with E-state index in [0.717, 1.165) is 72.3 Å². The molecule has 0 aliphatic heterocycles. The van der Waals surface area contributed by atoms with Crippen LogP contribution in [0.3, 0.4) is 0 Å². The highest BCUT2D eigenvalue weighted by atomic mass is 15.1. The molecule has 0 saturated carbocycles. The van der Waals surface area contributed by atoms with Crippen molar-refractivity contribution in [3.05, 3.63) is 206 Å². The molecule has 60 heavy (non-hydrogen) atoms. The van der Waals surface area contributed by atoms with Crippen LogP contribution >= 0.6 is 0 Å². The largest absolute Gasteiger partial charge is 0.309 e. The zero-order valence-electron chi connectivity index (χ0n) is 32.3. The van der Waals surface area contributed by atoms with Crippen molar-refractivity contribution in [1.82, 2.24) is 29.1 Å². The molecule has 0 radical (unpaired) electrons. The molecule has 0 bridgehead atoms. The van der Waals surface area contributed by atoms with Gasteiger partial charge in [-0.1, -0.05) is 158 Å². The molecule has 12 aromatic rings. The molecule has 0 unspecified atom stereocenters. The molecule has 3 heterocycles. The molecule has 0 aliphatic rings. The SMILES string of the molecule is c1ccc(-c2nc(-c3ccccc3)nc(-c3cccc(-n4c(-c5ccc6c(c5)c5ccccc5n6-c5ccccc5)nc5c6ccccc6c6ccccc6c54)c3)n2)cc1. The van der Waals surface area contributed by atoms with Gasteiger partial charge in [-0.05, 0) is 59.3 Å². The second-order valence-corrected chi connectivity index (χ2v) is 15.1. The van der Waals surface area contributed by atoms with Gasteiger partial charge in [0, 0.05) is 55.2 Å². The lowest BCUT2D eigenvalue weighted by atomic mass is 10.00. The van der Waals surface area contributed by atoms with Gasteiger partial charge >= 0.3 is 0 Å². The van der Waals surface area contributed by atoms with Gasteiger partial charge in [0.05, 0.1) is 22.1 Å². The Morgan fingerprint density at radius 2 is 0.783 bits per heavy atom. The minimum atomic E-state index is 0.598. The molecule has 9 aromatic carbocycles. The summed E-state index contributed by atoms with van der Waals surface area (Å²) in [6.45, 7) is 0. The zero-order chi connectivity index (χ0) is 39.6. The number of fused-ring (bicyclic) bond motifs is 9. The van der Waals surface area contributed by atoms with Crippen LogP contribution in [0, 0.1) is 0 Å². The molecular formula is C54H34N6. The third-order valence-electron chi connectivity index (χ3n) is 11.5. The third kappa shape index (κ3) is 5.42. The van der Waals surface area contributed by atoms with Crippen LogP contribution in [-0.4, -0.2) is 29.1 Å². The van der Waals surface area contributed by atoms with Crippen molar-refractivity contribution in [2.24, 2.45) is 0 Å². The van der Waals surface area contributed by atoms with Crippen molar-refractivity contribution in [3.63, 3.8) is 0 Å². The Labute approximate surface area is 345 Å². The van der Waals surface area contributed by atoms with Gasteiger partial charge in [0.25, 0.3) is 0 Å². The molecule has 0 spiro atoms. The van der Waals surface area contributed by atoms with E-state index in [4.69, 9.17) is 19.9 Å². The molecule has 0 saturated heterocycles. The number of benzene rings is 9. The van der Waals surface area contributed by atoms with Gasteiger partial charge in [-0.15, -0.1) is 0 Å². The van der Waals surface area contributed by atoms with Crippen LogP contribution in [0.2, 0.25) is 0 Å². The standard InChI is InChI=1S/C54H34N6/c1-4-17-35(18-5-1)51-56-52(36-19-6-2-7-20-36)58-53(57-51)37-21-16-24-40(33-37)60-50-45-29-13-11-26-42(45)41-25-10-12-28-44(41)49(50)55-54(60)38-31-32-48-46(34-38)43-27-14-15-30-47(43)59(48)39-22-8-3-9-23-39/h1-34H. The van der Waals surface area contributed by atoms with Gasteiger partial charge in [0.1, 0.15) is 5.82 Å². The van der Waals surface area contributed by atoms with Crippen molar-refractivity contribution in [3.8, 4) is 56.9 Å². The normalized spacial score (nSPS) is 11.7. The fourth-order valence-electron chi connectivity index (χ4n) is 8.84. The first-order valence-corrected chi connectivity index (χ1v) is 20.2. The summed E-state index contributed by atoms with van der Waals surface area (Å²) in [6, 6.07) is 72.1. The maximum Gasteiger partial charge on any atom is 0.164 e. The predicted octanol–water partition coefficient (Wildman–Crippen LogP) is 13.3. The molecule has 280 valence electrons. The molecule has 0 amide bonds. The number of hydrogen-bond acceptors (Lipinski definition) is 4. The minimum Gasteiger partial charge on any atom is -0.309 e. The molecule has 0 atom stereocenters. The number of nitrogens with zero attached hydrogens (tertiary/aromatic N) is 6. The van der Waals surface area contributed by atoms with E-state index in [2.05, 4.69) is 155 Å². The zero-order valence-corrected chi connectivity index (χ0v) is 32.3. The summed E-state index contributed by atoms with van der Waals surface area (Å²) in [4.78, 5) is 20.8. The fraction of sp³-hybridized carbons (Fsp3) is 0. The van der Waals surface area contributed by atoms with Crippen LogP contribution in [0.1, 0.15) is 0 Å². The highest BCUT2D eigenvalue weighted by Crippen LogP contribution is 2.41. The van der Waals surface area contributed by atoms with E-state index in [9.17, 15) is 0 Å². The Bertz CT molecular complexity index is 3530. The van der Waals surface area contributed by atoms with E-state index in [0.29, 0.717) is 17.5 Å². The second kappa shape index (κ2) is 13.7. The molecule has 0 fully saturated rings. The summed E-state index contributed by atoms with van der Waals surface area (Å²) in [7, 11) is 0. The average Bonchev–Trinajstić information content (AvgIpc) is 3.90. The van der Waals surface area contributed by atoms with Crippen LogP contribution in [-0.2, 0) is 0 Å². The van der Waals surface area contributed by atoms with E-state index in [-0.39, 0.29) is 0 Å². The smallest absolute Gasteiger partial charge is 0.164 e. The summed E-state index contributed by atoms with van der Waals surface area (Å²) < 4.78 is 4.69. The first-order chi connectivity index (χ1) is 29.8. The Kier molecular flexibility index (Phi) is 7.74. The van der Waals surface area contributed by atoms with Crippen molar-refractivity contribution < 1.29 is 0 Å². The first-order valence-electron chi connectivity index (χ1n) is 20.2. The Morgan fingerprint density at radius 3 is 1.47 bits per heavy atom. The van der Waals surface area contributed by atoms with Crippen LogP contribution in [0.5, 0.6) is 0 Å². The van der Waals surface area contributed by atoms with Gasteiger partial charge < -0.3 is 4.57 Å². The number of imidazole rings is 1. The van der Waals surface area contributed by atoms with Gasteiger partial charge in [0.2, 0.25) is 0 Å². The van der Waals surface area contributed by atoms with E-state index in [1.807, 2.05) is 60.7 Å². The maximum absolute atomic E-state index is 5.61. The van der Waals surface area contributed by atoms with Gasteiger partial charge in [-0.3, -0.25) is 4.57 Å². The highest BCUT2D eigenvalue weighted by molar-refractivity contribution is 6.24. The van der Waals surface area contributed by atoms with Crippen molar-refractivity contribution in [2.75, 3.05) is 0 Å². The third-order valence-corrected chi connectivity index (χ3v) is 11.5. The van der Waals surface area contributed by atoms with Gasteiger partial charge in [0.15, 0.2) is 17.5 Å². The van der Waals surface area contributed by atoms with Gasteiger partial charge in [-0.2, -0.15) is 0 Å². The lowest BCUT2D eigenvalue weighted by Crippen LogP contribution is -2.02. The molecule has 0 N–H and O–H groups in total.